The molecule has 4 nitrogen and oxygen atoms in total. The number of aromatic nitrogens is 3. The van der Waals surface area contributed by atoms with Crippen LogP contribution in [-0.4, -0.2) is 25.8 Å². The Kier molecular flexibility index (Phi) is 5.02. The monoisotopic (exact) mass is 305 g/mol. The molecule has 0 aliphatic rings. The summed E-state index contributed by atoms with van der Waals surface area (Å²) in [7, 11) is 0. The van der Waals surface area contributed by atoms with Crippen molar-refractivity contribution in [1.29, 1.82) is 0 Å². The Morgan fingerprint density at radius 2 is 2.18 bits per heavy atom. The highest BCUT2D eigenvalue weighted by Gasteiger charge is 2.36. The number of halogens is 4. The number of rotatable bonds is 3. The molecule has 1 aromatic heterocycles. The van der Waals surface area contributed by atoms with Crippen LogP contribution in [0.1, 0.15) is 12.7 Å². The third-order valence-electron chi connectivity index (χ3n) is 1.53. The van der Waals surface area contributed by atoms with Crippen molar-refractivity contribution in [2.75, 3.05) is 6.61 Å². The van der Waals surface area contributed by atoms with Gasteiger partial charge >= 0.3 is 6.30 Å². The van der Waals surface area contributed by atoms with E-state index < -0.39 is 11.6 Å². The number of ether oxygens (including phenoxy) is 1. The van der Waals surface area contributed by atoms with Gasteiger partial charge in [-0.2, -0.15) is 0 Å². The van der Waals surface area contributed by atoms with Gasteiger partial charge < -0.3 is 4.74 Å². The van der Waals surface area contributed by atoms with Crippen LogP contribution in [0.4, 0.5) is 13.2 Å². The second-order valence-corrected chi connectivity index (χ2v) is 4.58. The van der Waals surface area contributed by atoms with Crippen LogP contribution in [0.2, 0.25) is 5.28 Å². The molecule has 0 atom stereocenters. The predicted octanol–water partition coefficient (Wildman–Crippen LogP) is 2.96. The normalized spacial score (nSPS) is 11.6. The molecule has 0 aliphatic carbocycles. The standard InChI is InChI=1S/C7H7ClF3N3OS2/c1-2-15-6(16)17-3-4-12-13-5(8)14(4)7(9,10)11/h2-3H2,1H3. The van der Waals surface area contributed by atoms with Gasteiger partial charge in [0.1, 0.15) is 0 Å². The molecule has 17 heavy (non-hydrogen) atoms. The summed E-state index contributed by atoms with van der Waals surface area (Å²) < 4.78 is 42.6. The van der Waals surface area contributed by atoms with Crippen molar-refractivity contribution in [3.05, 3.63) is 11.1 Å². The van der Waals surface area contributed by atoms with Crippen LogP contribution in [-0.2, 0) is 16.8 Å². The molecular weight excluding hydrogens is 299 g/mol. The lowest BCUT2D eigenvalue weighted by atomic mass is 10.7. The van der Waals surface area contributed by atoms with Crippen molar-refractivity contribution >= 4 is 40.0 Å². The minimum atomic E-state index is -4.65. The van der Waals surface area contributed by atoms with E-state index in [1.165, 1.54) is 0 Å². The summed E-state index contributed by atoms with van der Waals surface area (Å²) in [5.41, 5.74) is 0. The lowest BCUT2D eigenvalue weighted by molar-refractivity contribution is -0.205. The number of thioether (sulfide) groups is 1. The van der Waals surface area contributed by atoms with Crippen molar-refractivity contribution in [3.8, 4) is 0 Å². The third-order valence-corrected chi connectivity index (χ3v) is 3.00. The van der Waals surface area contributed by atoms with Gasteiger partial charge in [-0.15, -0.1) is 23.4 Å². The van der Waals surface area contributed by atoms with Crippen LogP contribution in [0.3, 0.4) is 0 Å². The van der Waals surface area contributed by atoms with E-state index in [1.807, 2.05) is 0 Å². The summed E-state index contributed by atoms with van der Waals surface area (Å²) >= 11 is 11.0. The van der Waals surface area contributed by atoms with Gasteiger partial charge in [-0.05, 0) is 30.7 Å². The third kappa shape index (κ3) is 4.00. The number of thiocarbonyl (C=S) groups is 1. The fourth-order valence-electron chi connectivity index (χ4n) is 0.922. The predicted molar refractivity (Wildman–Crippen MR) is 61.8 cm³/mol. The van der Waals surface area contributed by atoms with E-state index in [-0.39, 0.29) is 20.5 Å². The number of nitrogens with zero attached hydrogens (tertiary/aromatic N) is 3. The zero-order valence-corrected chi connectivity index (χ0v) is 10.9. The summed E-state index contributed by atoms with van der Waals surface area (Å²) in [4.78, 5) is 0. The first-order valence-electron chi connectivity index (χ1n) is 4.32. The van der Waals surface area contributed by atoms with Crippen LogP contribution >= 0.6 is 35.6 Å². The average molecular weight is 306 g/mol. The first kappa shape index (κ1) is 14.5. The minimum absolute atomic E-state index is 0.101. The Bertz CT molecular complexity index is 410. The van der Waals surface area contributed by atoms with E-state index in [0.717, 1.165) is 11.8 Å². The van der Waals surface area contributed by atoms with Gasteiger partial charge in [0.05, 0.1) is 12.4 Å². The van der Waals surface area contributed by atoms with Crippen LogP contribution in [0.15, 0.2) is 0 Å². The maximum Gasteiger partial charge on any atom is 0.492 e. The summed E-state index contributed by atoms with van der Waals surface area (Å²) in [6.45, 7) is 2.08. The van der Waals surface area contributed by atoms with E-state index in [2.05, 4.69) is 10.2 Å². The van der Waals surface area contributed by atoms with Gasteiger partial charge in [0.25, 0.3) is 0 Å². The second kappa shape index (κ2) is 5.87. The van der Waals surface area contributed by atoms with Crippen LogP contribution < -0.4 is 0 Å². The molecule has 0 spiro atoms. The van der Waals surface area contributed by atoms with Crippen molar-refractivity contribution in [1.82, 2.24) is 14.8 Å². The lowest BCUT2D eigenvalue weighted by Crippen LogP contribution is -2.19. The van der Waals surface area contributed by atoms with Crippen molar-refractivity contribution in [2.24, 2.45) is 0 Å². The summed E-state index contributed by atoms with van der Waals surface area (Å²) in [5.74, 6) is -0.438. The average Bonchev–Trinajstić information content (AvgIpc) is 2.56. The molecule has 0 amide bonds. The van der Waals surface area contributed by atoms with Gasteiger partial charge in [-0.1, -0.05) is 11.8 Å². The molecule has 0 saturated carbocycles. The largest absolute Gasteiger partial charge is 0.492 e. The molecule has 0 unspecified atom stereocenters. The molecule has 96 valence electrons. The molecule has 10 heteroatoms. The molecule has 1 rings (SSSR count). The molecule has 0 aliphatic heterocycles. The Labute approximate surface area is 109 Å². The van der Waals surface area contributed by atoms with Gasteiger partial charge in [-0.3, -0.25) is 0 Å². The van der Waals surface area contributed by atoms with Crippen LogP contribution in [0, 0.1) is 0 Å². The molecule has 0 fully saturated rings. The summed E-state index contributed by atoms with van der Waals surface area (Å²) in [5, 5.41) is 5.78. The van der Waals surface area contributed by atoms with E-state index in [4.69, 9.17) is 28.6 Å². The Balaban J connectivity index is 2.76. The Hall–Kier alpha value is -0.540. The molecule has 0 radical (unpaired) electrons. The Morgan fingerprint density at radius 1 is 1.53 bits per heavy atom. The molecule has 0 bridgehead atoms. The number of alkyl halides is 3. The molecular formula is C7H7ClF3N3OS2. The molecule has 0 N–H and O–H groups in total. The highest BCUT2D eigenvalue weighted by Crippen LogP contribution is 2.29. The smallest absolute Gasteiger partial charge is 0.479 e. The van der Waals surface area contributed by atoms with E-state index >= 15 is 0 Å². The summed E-state index contributed by atoms with van der Waals surface area (Å²) in [6, 6.07) is 0. The quantitative estimate of drug-likeness (QED) is 0.803. The van der Waals surface area contributed by atoms with Crippen molar-refractivity contribution in [3.63, 3.8) is 0 Å². The van der Waals surface area contributed by atoms with Crippen LogP contribution in [0.25, 0.3) is 0 Å². The van der Waals surface area contributed by atoms with Crippen molar-refractivity contribution in [2.45, 2.75) is 19.0 Å². The van der Waals surface area contributed by atoms with Gasteiger partial charge in [0.2, 0.25) is 9.67 Å². The maximum atomic E-state index is 12.5. The van der Waals surface area contributed by atoms with Gasteiger partial charge in [-0.25, -0.2) is 4.57 Å². The minimum Gasteiger partial charge on any atom is -0.479 e. The van der Waals surface area contributed by atoms with Gasteiger partial charge in [0, 0.05) is 0 Å². The topological polar surface area (TPSA) is 39.9 Å². The van der Waals surface area contributed by atoms with E-state index in [1.54, 1.807) is 6.92 Å². The first-order chi connectivity index (χ1) is 7.86. The number of hydrogen-bond acceptors (Lipinski definition) is 5. The van der Waals surface area contributed by atoms with E-state index in [9.17, 15) is 13.2 Å². The number of hydrogen-bond donors (Lipinski definition) is 0. The molecule has 0 aromatic carbocycles. The zero-order chi connectivity index (χ0) is 13.1. The van der Waals surface area contributed by atoms with E-state index in [0.29, 0.717) is 6.61 Å². The molecule has 1 heterocycles. The highest BCUT2D eigenvalue weighted by atomic mass is 35.5. The lowest BCUT2D eigenvalue weighted by Gasteiger charge is -2.10. The highest BCUT2D eigenvalue weighted by molar-refractivity contribution is 8.22. The van der Waals surface area contributed by atoms with Crippen molar-refractivity contribution < 1.29 is 17.9 Å². The second-order valence-electron chi connectivity index (χ2n) is 2.66. The van der Waals surface area contributed by atoms with Crippen LogP contribution in [0.5, 0.6) is 0 Å². The maximum absolute atomic E-state index is 12.5. The fraction of sp³-hybridized carbons (Fsp3) is 0.571. The zero-order valence-electron chi connectivity index (χ0n) is 8.49. The SMILES string of the molecule is CCOC(=S)SCc1nnc(Cl)n1C(F)(F)F. The Morgan fingerprint density at radius 3 is 2.71 bits per heavy atom. The molecule has 0 saturated heterocycles. The molecule has 1 aromatic rings. The fourth-order valence-corrected chi connectivity index (χ4v) is 2.08. The van der Waals surface area contributed by atoms with Gasteiger partial charge in [0.15, 0.2) is 5.82 Å². The first-order valence-corrected chi connectivity index (χ1v) is 6.10. The summed E-state index contributed by atoms with van der Waals surface area (Å²) in [6.07, 6.45) is -4.65.